The first kappa shape index (κ1) is 5.42. The molecule has 0 spiro atoms. The van der Waals surface area contributed by atoms with Crippen LogP contribution >= 0.6 is 0 Å². The van der Waals surface area contributed by atoms with Crippen LogP contribution in [0, 0.1) is 0 Å². The van der Waals surface area contributed by atoms with E-state index in [1.54, 1.807) is 0 Å². The summed E-state index contributed by atoms with van der Waals surface area (Å²) in [5.41, 5.74) is 2.83. The minimum atomic E-state index is 1.05. The van der Waals surface area contributed by atoms with Gasteiger partial charge in [-0.3, -0.25) is 0 Å². The minimum Gasteiger partial charge on any atom is -0.386 e. The Morgan fingerprint density at radius 1 is 1.88 bits per heavy atom. The van der Waals surface area contributed by atoms with Crippen molar-refractivity contribution in [1.82, 2.24) is 5.32 Å². The number of rotatable bonds is 1. The predicted octanol–water partition coefficient (Wildman–Crippen LogP) is 1.44. The minimum absolute atomic E-state index is 1.05. The van der Waals surface area contributed by atoms with Crippen LogP contribution in [0.4, 0.5) is 0 Å². The first-order valence-corrected chi connectivity index (χ1v) is 2.90. The van der Waals surface area contributed by atoms with Gasteiger partial charge < -0.3 is 5.32 Å². The Kier molecular flexibility index (Phi) is 1.38. The van der Waals surface area contributed by atoms with Crippen LogP contribution in [-0.4, -0.2) is 6.54 Å². The van der Waals surface area contributed by atoms with Crippen molar-refractivity contribution in [2.24, 2.45) is 0 Å². The van der Waals surface area contributed by atoms with Crippen molar-refractivity contribution in [3.05, 3.63) is 23.4 Å². The highest BCUT2D eigenvalue weighted by Gasteiger charge is 2.03. The molecule has 0 unspecified atom stereocenters. The summed E-state index contributed by atoms with van der Waals surface area (Å²) in [6.45, 7) is 5.25. The fraction of sp³-hybridized carbons (Fsp3) is 0.429. The van der Waals surface area contributed by atoms with Crippen LogP contribution in [0.1, 0.15) is 13.8 Å². The molecule has 1 N–H and O–H groups in total. The molecule has 1 heteroatoms. The summed E-state index contributed by atoms with van der Waals surface area (Å²) in [5.74, 6) is 0. The number of hydrogen-bond acceptors (Lipinski definition) is 1. The summed E-state index contributed by atoms with van der Waals surface area (Å²) in [6.07, 6.45) is 4.18. The van der Waals surface area contributed by atoms with E-state index < -0.39 is 0 Å². The first-order valence-electron chi connectivity index (χ1n) is 2.90. The van der Waals surface area contributed by atoms with Crippen LogP contribution in [0.5, 0.6) is 0 Å². The molecule has 0 aliphatic carbocycles. The Labute approximate surface area is 50.1 Å². The van der Waals surface area contributed by atoms with Gasteiger partial charge in [-0.15, -0.1) is 0 Å². The highest BCUT2D eigenvalue weighted by atomic mass is 14.9. The van der Waals surface area contributed by atoms with Crippen molar-refractivity contribution >= 4 is 0 Å². The Bertz CT molecular complexity index is 136. The summed E-state index contributed by atoms with van der Waals surface area (Å²) >= 11 is 0. The van der Waals surface area contributed by atoms with Crippen LogP contribution in [0.3, 0.4) is 0 Å². The average molecular weight is 109 g/mol. The molecule has 1 aliphatic rings. The molecule has 0 saturated carbocycles. The van der Waals surface area contributed by atoms with Gasteiger partial charge in [0.25, 0.3) is 0 Å². The highest BCUT2D eigenvalue weighted by Crippen LogP contribution is 2.11. The fourth-order valence-corrected chi connectivity index (χ4v) is 0.643. The highest BCUT2D eigenvalue weighted by molar-refractivity contribution is 5.34. The molecule has 0 aromatic carbocycles. The monoisotopic (exact) mass is 109 g/mol. The van der Waals surface area contributed by atoms with E-state index in [2.05, 4.69) is 31.4 Å². The predicted molar refractivity (Wildman–Crippen MR) is 35.5 cm³/mol. The smallest absolute Gasteiger partial charge is 0.0412 e. The molecular formula is C7H11N. The second kappa shape index (κ2) is 2.03. The zero-order chi connectivity index (χ0) is 5.98. The van der Waals surface area contributed by atoms with Crippen molar-refractivity contribution in [1.29, 1.82) is 0 Å². The first-order chi connectivity index (χ1) is 3.84. The fourth-order valence-electron chi connectivity index (χ4n) is 0.643. The van der Waals surface area contributed by atoms with Gasteiger partial charge in [0, 0.05) is 12.7 Å². The van der Waals surface area contributed by atoms with Crippen molar-refractivity contribution in [2.75, 3.05) is 6.54 Å². The SMILES string of the molecule is C/C=C(\C)C1=CNC1. The van der Waals surface area contributed by atoms with E-state index in [0.717, 1.165) is 6.54 Å². The zero-order valence-corrected chi connectivity index (χ0v) is 5.36. The molecular weight excluding hydrogens is 98.1 g/mol. The maximum Gasteiger partial charge on any atom is 0.0412 e. The molecule has 0 fully saturated rings. The maximum absolute atomic E-state index is 3.07. The molecule has 0 radical (unpaired) electrons. The average Bonchev–Trinajstić information content (AvgIpc) is 1.62. The molecule has 0 atom stereocenters. The summed E-state index contributed by atoms with van der Waals surface area (Å²) in [5, 5.41) is 3.07. The van der Waals surface area contributed by atoms with Crippen molar-refractivity contribution < 1.29 is 0 Å². The van der Waals surface area contributed by atoms with Gasteiger partial charge >= 0.3 is 0 Å². The Balaban J connectivity index is 2.59. The molecule has 0 amide bonds. The third kappa shape index (κ3) is 0.760. The van der Waals surface area contributed by atoms with Crippen LogP contribution in [0.2, 0.25) is 0 Å². The zero-order valence-electron chi connectivity index (χ0n) is 5.36. The Morgan fingerprint density at radius 2 is 2.50 bits per heavy atom. The summed E-state index contributed by atoms with van der Waals surface area (Å²) in [4.78, 5) is 0. The lowest BCUT2D eigenvalue weighted by Gasteiger charge is -2.16. The van der Waals surface area contributed by atoms with Crippen LogP contribution < -0.4 is 5.32 Å². The van der Waals surface area contributed by atoms with Crippen LogP contribution in [0.15, 0.2) is 23.4 Å². The van der Waals surface area contributed by atoms with E-state index in [1.165, 1.54) is 11.1 Å². The van der Waals surface area contributed by atoms with Crippen molar-refractivity contribution in [2.45, 2.75) is 13.8 Å². The second-order valence-electron chi connectivity index (χ2n) is 2.02. The Morgan fingerprint density at radius 3 is 2.62 bits per heavy atom. The molecule has 0 aromatic heterocycles. The lowest BCUT2D eigenvalue weighted by atomic mass is 10.1. The van der Waals surface area contributed by atoms with E-state index in [-0.39, 0.29) is 0 Å². The van der Waals surface area contributed by atoms with Gasteiger partial charge in [0.1, 0.15) is 0 Å². The third-order valence-corrected chi connectivity index (χ3v) is 1.51. The van der Waals surface area contributed by atoms with Crippen LogP contribution in [-0.2, 0) is 0 Å². The maximum atomic E-state index is 3.07. The van der Waals surface area contributed by atoms with Gasteiger partial charge in [0.05, 0.1) is 0 Å². The van der Waals surface area contributed by atoms with E-state index in [0.29, 0.717) is 0 Å². The number of nitrogens with one attached hydrogen (secondary N) is 1. The molecule has 1 nitrogen and oxygen atoms in total. The molecule has 1 heterocycles. The molecule has 44 valence electrons. The lowest BCUT2D eigenvalue weighted by molar-refractivity contribution is 0.840. The van der Waals surface area contributed by atoms with E-state index >= 15 is 0 Å². The van der Waals surface area contributed by atoms with Crippen molar-refractivity contribution in [3.8, 4) is 0 Å². The van der Waals surface area contributed by atoms with Gasteiger partial charge in [-0.2, -0.15) is 0 Å². The normalized spacial score (nSPS) is 18.8. The third-order valence-electron chi connectivity index (χ3n) is 1.51. The van der Waals surface area contributed by atoms with E-state index in [1.807, 2.05) is 0 Å². The van der Waals surface area contributed by atoms with Gasteiger partial charge in [-0.05, 0) is 25.0 Å². The Hall–Kier alpha value is -0.720. The summed E-state index contributed by atoms with van der Waals surface area (Å²) < 4.78 is 0. The van der Waals surface area contributed by atoms with Gasteiger partial charge in [0.15, 0.2) is 0 Å². The second-order valence-corrected chi connectivity index (χ2v) is 2.02. The van der Waals surface area contributed by atoms with Gasteiger partial charge in [0.2, 0.25) is 0 Å². The number of allylic oxidation sites excluding steroid dienone is 1. The van der Waals surface area contributed by atoms with E-state index in [9.17, 15) is 0 Å². The largest absolute Gasteiger partial charge is 0.386 e. The lowest BCUT2D eigenvalue weighted by Crippen LogP contribution is -2.22. The van der Waals surface area contributed by atoms with E-state index in [4.69, 9.17) is 0 Å². The molecule has 8 heavy (non-hydrogen) atoms. The van der Waals surface area contributed by atoms with Gasteiger partial charge in [-0.1, -0.05) is 6.08 Å². The topological polar surface area (TPSA) is 12.0 Å². The molecule has 0 bridgehead atoms. The van der Waals surface area contributed by atoms with Crippen molar-refractivity contribution in [3.63, 3.8) is 0 Å². The van der Waals surface area contributed by atoms with Crippen LogP contribution in [0.25, 0.3) is 0 Å². The molecule has 1 rings (SSSR count). The number of hydrogen-bond donors (Lipinski definition) is 1. The molecule has 0 saturated heterocycles. The molecule has 1 aliphatic heterocycles. The summed E-state index contributed by atoms with van der Waals surface area (Å²) in [7, 11) is 0. The quantitative estimate of drug-likeness (QED) is 0.537. The summed E-state index contributed by atoms with van der Waals surface area (Å²) in [6, 6.07) is 0. The standard InChI is InChI=1S/C7H11N/c1-3-6(2)7-4-8-5-7/h3-4,8H,5H2,1-2H3/b6-3+. The van der Waals surface area contributed by atoms with Gasteiger partial charge in [-0.25, -0.2) is 0 Å². The molecule has 0 aromatic rings.